The monoisotopic (exact) mass is 269 g/mol. The number of halogens is 1. The number of aromatic nitrogens is 1. The molecule has 0 fully saturated rings. The Labute approximate surface area is 108 Å². The Balaban J connectivity index is 1.95. The summed E-state index contributed by atoms with van der Waals surface area (Å²) >= 11 is 3.14. The van der Waals surface area contributed by atoms with Crippen molar-refractivity contribution in [2.75, 3.05) is 0 Å². The van der Waals surface area contributed by atoms with E-state index in [2.05, 4.69) is 4.98 Å². The predicted molar refractivity (Wildman–Crippen MR) is 68.7 cm³/mol. The van der Waals surface area contributed by atoms with E-state index in [0.717, 1.165) is 15.7 Å². The Bertz CT molecular complexity index is 482. The van der Waals surface area contributed by atoms with Crippen molar-refractivity contribution in [2.24, 2.45) is 0 Å². The lowest BCUT2D eigenvalue weighted by Crippen LogP contribution is -1.91. The molecule has 0 radical (unpaired) electrons. The number of nitrogens with zero attached hydrogens (tertiary/aromatic N) is 1. The molecule has 0 aliphatic rings. The SMILES string of the molecule is CC(O)c1csc(CSc2ccc(F)cc2)n1. The Morgan fingerprint density at radius 1 is 1.41 bits per heavy atom. The number of rotatable bonds is 4. The number of hydrogen-bond donors (Lipinski definition) is 1. The largest absolute Gasteiger partial charge is 0.387 e. The molecule has 0 bridgehead atoms. The fraction of sp³-hybridized carbons (Fsp3) is 0.250. The Kier molecular flexibility index (Phi) is 4.15. The van der Waals surface area contributed by atoms with Crippen LogP contribution in [0.25, 0.3) is 0 Å². The predicted octanol–water partition coefficient (Wildman–Crippen LogP) is 3.63. The minimum atomic E-state index is -0.518. The molecule has 1 N–H and O–H groups in total. The number of benzene rings is 1. The molecule has 0 spiro atoms. The molecule has 0 saturated heterocycles. The fourth-order valence-corrected chi connectivity index (χ4v) is 3.06. The third-order valence-electron chi connectivity index (χ3n) is 2.17. The normalized spacial score (nSPS) is 12.6. The quantitative estimate of drug-likeness (QED) is 0.860. The average Bonchev–Trinajstić information content (AvgIpc) is 2.77. The zero-order valence-corrected chi connectivity index (χ0v) is 10.9. The first kappa shape index (κ1) is 12.5. The van der Waals surface area contributed by atoms with E-state index in [1.807, 2.05) is 5.38 Å². The second-order valence-electron chi connectivity index (χ2n) is 3.58. The topological polar surface area (TPSA) is 33.1 Å². The molecule has 1 aromatic heterocycles. The van der Waals surface area contributed by atoms with Gasteiger partial charge in [0.25, 0.3) is 0 Å². The molecule has 17 heavy (non-hydrogen) atoms. The van der Waals surface area contributed by atoms with Crippen molar-refractivity contribution in [3.05, 3.63) is 46.2 Å². The summed E-state index contributed by atoms with van der Waals surface area (Å²) in [6.45, 7) is 1.70. The van der Waals surface area contributed by atoms with Gasteiger partial charge in [0.1, 0.15) is 10.8 Å². The van der Waals surface area contributed by atoms with Gasteiger partial charge in [-0.15, -0.1) is 23.1 Å². The molecule has 0 saturated carbocycles. The van der Waals surface area contributed by atoms with E-state index in [4.69, 9.17) is 0 Å². The summed E-state index contributed by atoms with van der Waals surface area (Å²) in [5, 5.41) is 12.2. The van der Waals surface area contributed by atoms with Crippen molar-refractivity contribution in [1.82, 2.24) is 4.98 Å². The fourth-order valence-electron chi connectivity index (χ4n) is 1.26. The number of hydrogen-bond acceptors (Lipinski definition) is 4. The molecule has 1 heterocycles. The van der Waals surface area contributed by atoms with E-state index in [0.29, 0.717) is 5.69 Å². The maximum absolute atomic E-state index is 12.7. The van der Waals surface area contributed by atoms with E-state index < -0.39 is 6.10 Å². The lowest BCUT2D eigenvalue weighted by atomic mass is 10.3. The van der Waals surface area contributed by atoms with Crippen LogP contribution in [0.2, 0.25) is 0 Å². The Hall–Kier alpha value is -0.910. The third-order valence-corrected chi connectivity index (χ3v) is 4.25. The highest BCUT2D eigenvalue weighted by Gasteiger charge is 2.07. The highest BCUT2D eigenvalue weighted by Crippen LogP contribution is 2.25. The smallest absolute Gasteiger partial charge is 0.123 e. The number of aliphatic hydroxyl groups is 1. The molecule has 1 aromatic carbocycles. The highest BCUT2D eigenvalue weighted by molar-refractivity contribution is 7.98. The van der Waals surface area contributed by atoms with Crippen LogP contribution in [0.3, 0.4) is 0 Å². The van der Waals surface area contributed by atoms with Crippen molar-refractivity contribution in [1.29, 1.82) is 0 Å². The van der Waals surface area contributed by atoms with Crippen LogP contribution in [0.5, 0.6) is 0 Å². The molecule has 5 heteroatoms. The van der Waals surface area contributed by atoms with Crippen LogP contribution in [0.15, 0.2) is 34.5 Å². The van der Waals surface area contributed by atoms with E-state index in [-0.39, 0.29) is 5.82 Å². The van der Waals surface area contributed by atoms with Crippen LogP contribution in [0.4, 0.5) is 4.39 Å². The molecule has 1 unspecified atom stereocenters. The number of aliphatic hydroxyl groups excluding tert-OH is 1. The Morgan fingerprint density at radius 2 is 2.12 bits per heavy atom. The van der Waals surface area contributed by atoms with Crippen LogP contribution < -0.4 is 0 Å². The molecule has 0 aliphatic carbocycles. The van der Waals surface area contributed by atoms with Gasteiger partial charge in [0.05, 0.1) is 17.6 Å². The standard InChI is InChI=1S/C12H12FNOS2/c1-8(15)11-6-17-12(14-11)7-16-10-4-2-9(13)3-5-10/h2-6,8,15H,7H2,1H3. The molecule has 90 valence electrons. The summed E-state index contributed by atoms with van der Waals surface area (Å²) in [5.41, 5.74) is 0.713. The van der Waals surface area contributed by atoms with Gasteiger partial charge in [0.15, 0.2) is 0 Å². The van der Waals surface area contributed by atoms with E-state index in [1.165, 1.54) is 23.5 Å². The van der Waals surface area contributed by atoms with Gasteiger partial charge in [-0.1, -0.05) is 0 Å². The van der Waals surface area contributed by atoms with Crippen LogP contribution in [0, 0.1) is 5.82 Å². The molecule has 2 nitrogen and oxygen atoms in total. The minimum Gasteiger partial charge on any atom is -0.387 e. The van der Waals surface area contributed by atoms with Crippen molar-refractivity contribution < 1.29 is 9.50 Å². The summed E-state index contributed by atoms with van der Waals surface area (Å²) in [4.78, 5) is 5.33. The number of thiazole rings is 1. The lowest BCUT2D eigenvalue weighted by Gasteiger charge is -1.99. The van der Waals surface area contributed by atoms with Gasteiger partial charge in [-0.25, -0.2) is 9.37 Å². The first-order chi connectivity index (χ1) is 8.15. The molecule has 0 aliphatic heterocycles. The first-order valence-electron chi connectivity index (χ1n) is 5.16. The van der Waals surface area contributed by atoms with E-state index in [9.17, 15) is 9.50 Å². The summed E-state index contributed by atoms with van der Waals surface area (Å²) < 4.78 is 12.7. The van der Waals surface area contributed by atoms with Crippen molar-refractivity contribution in [2.45, 2.75) is 23.7 Å². The van der Waals surface area contributed by atoms with Gasteiger partial charge >= 0.3 is 0 Å². The average molecular weight is 269 g/mol. The molecule has 0 amide bonds. The van der Waals surface area contributed by atoms with Crippen molar-refractivity contribution in [3.63, 3.8) is 0 Å². The van der Waals surface area contributed by atoms with Crippen molar-refractivity contribution in [3.8, 4) is 0 Å². The Morgan fingerprint density at radius 3 is 2.71 bits per heavy atom. The van der Waals surface area contributed by atoms with Gasteiger partial charge in [-0.3, -0.25) is 0 Å². The maximum atomic E-state index is 12.7. The van der Waals surface area contributed by atoms with Gasteiger partial charge in [-0.05, 0) is 31.2 Å². The van der Waals surface area contributed by atoms with Crippen LogP contribution in [-0.4, -0.2) is 10.1 Å². The zero-order valence-electron chi connectivity index (χ0n) is 9.26. The second-order valence-corrected chi connectivity index (χ2v) is 5.58. The summed E-state index contributed by atoms with van der Waals surface area (Å²) in [6.07, 6.45) is -0.518. The minimum absolute atomic E-state index is 0.222. The van der Waals surface area contributed by atoms with Crippen LogP contribution >= 0.6 is 23.1 Å². The van der Waals surface area contributed by atoms with Crippen LogP contribution in [-0.2, 0) is 5.75 Å². The molecule has 2 aromatic rings. The highest BCUT2D eigenvalue weighted by atomic mass is 32.2. The van der Waals surface area contributed by atoms with Gasteiger partial charge in [-0.2, -0.15) is 0 Å². The second kappa shape index (κ2) is 5.62. The van der Waals surface area contributed by atoms with Gasteiger partial charge in [0, 0.05) is 10.3 Å². The molecule has 2 rings (SSSR count). The van der Waals surface area contributed by atoms with Crippen LogP contribution in [0.1, 0.15) is 23.7 Å². The van der Waals surface area contributed by atoms with E-state index in [1.54, 1.807) is 30.8 Å². The van der Waals surface area contributed by atoms with Gasteiger partial charge in [0.2, 0.25) is 0 Å². The molecule has 1 atom stereocenters. The molecular weight excluding hydrogens is 257 g/mol. The van der Waals surface area contributed by atoms with Gasteiger partial charge < -0.3 is 5.11 Å². The summed E-state index contributed by atoms with van der Waals surface area (Å²) in [7, 11) is 0. The zero-order chi connectivity index (χ0) is 12.3. The van der Waals surface area contributed by atoms with Crippen molar-refractivity contribution >= 4 is 23.1 Å². The van der Waals surface area contributed by atoms with E-state index >= 15 is 0 Å². The summed E-state index contributed by atoms with van der Waals surface area (Å²) in [5.74, 6) is 0.517. The third kappa shape index (κ3) is 3.52. The lowest BCUT2D eigenvalue weighted by molar-refractivity contribution is 0.195. The maximum Gasteiger partial charge on any atom is 0.123 e. The summed E-state index contributed by atoms with van der Waals surface area (Å²) in [6, 6.07) is 6.41. The molecular formula is C12H12FNOS2. The first-order valence-corrected chi connectivity index (χ1v) is 7.02. The number of thioether (sulfide) groups is 1.